The van der Waals surface area contributed by atoms with E-state index in [1.807, 2.05) is 0 Å². The Morgan fingerprint density at radius 3 is 2.62 bits per heavy atom. The number of hydrogen-bond donors (Lipinski definition) is 1. The van der Waals surface area contributed by atoms with Gasteiger partial charge in [-0.2, -0.15) is 0 Å². The minimum absolute atomic E-state index is 0.370. The lowest BCUT2D eigenvalue weighted by Crippen LogP contribution is -2.24. The third kappa shape index (κ3) is 3.56. The predicted octanol–water partition coefficient (Wildman–Crippen LogP) is 5.57. The van der Waals surface area contributed by atoms with Crippen LogP contribution >= 0.6 is 15.9 Å². The second-order valence-electron chi connectivity index (χ2n) is 5.94. The highest BCUT2D eigenvalue weighted by Crippen LogP contribution is 2.30. The lowest BCUT2D eigenvalue weighted by molar-refractivity contribution is 0.437. The molecule has 0 saturated heterocycles. The molecule has 0 spiro atoms. The van der Waals surface area contributed by atoms with Gasteiger partial charge in [0.1, 0.15) is 0 Å². The molecule has 0 aliphatic heterocycles. The molecule has 21 heavy (non-hydrogen) atoms. The standard InChI is InChI=1S/C19H22BrN/c1-14(15-10-12-17(20)13-11-15)21-19-9-5-3-7-16-6-2-4-8-18(16)19/h2,4,6,8,10-14,19,21H,3,5,7,9H2,1H3/t14-,19?/m0/s1. The lowest BCUT2D eigenvalue weighted by atomic mass is 9.97. The molecule has 2 heteroatoms. The van der Waals surface area contributed by atoms with Crippen molar-refractivity contribution in [2.45, 2.75) is 44.7 Å². The fourth-order valence-electron chi connectivity index (χ4n) is 3.24. The van der Waals surface area contributed by atoms with Crippen molar-refractivity contribution < 1.29 is 0 Å². The molecule has 0 radical (unpaired) electrons. The Labute approximate surface area is 135 Å². The molecule has 0 saturated carbocycles. The van der Waals surface area contributed by atoms with E-state index >= 15 is 0 Å². The highest BCUT2D eigenvalue weighted by atomic mass is 79.9. The first-order chi connectivity index (χ1) is 10.2. The highest BCUT2D eigenvalue weighted by molar-refractivity contribution is 9.10. The number of benzene rings is 2. The van der Waals surface area contributed by atoms with Gasteiger partial charge in [0.05, 0.1) is 0 Å². The molecule has 2 aromatic rings. The fraction of sp³-hybridized carbons (Fsp3) is 0.368. The molecular formula is C19H22BrN. The summed E-state index contributed by atoms with van der Waals surface area (Å²) in [5.74, 6) is 0. The zero-order valence-electron chi connectivity index (χ0n) is 12.5. The maximum atomic E-state index is 3.84. The van der Waals surface area contributed by atoms with Crippen LogP contribution in [0.3, 0.4) is 0 Å². The van der Waals surface area contributed by atoms with E-state index in [0.717, 1.165) is 4.47 Å². The van der Waals surface area contributed by atoms with Crippen molar-refractivity contribution in [1.29, 1.82) is 0 Å². The maximum Gasteiger partial charge on any atom is 0.0328 e. The second-order valence-corrected chi connectivity index (χ2v) is 6.85. The van der Waals surface area contributed by atoms with Crippen molar-refractivity contribution in [2.75, 3.05) is 0 Å². The van der Waals surface area contributed by atoms with Crippen LogP contribution in [0.5, 0.6) is 0 Å². The minimum atomic E-state index is 0.370. The number of nitrogens with one attached hydrogen (secondary N) is 1. The molecule has 0 amide bonds. The molecule has 2 atom stereocenters. The van der Waals surface area contributed by atoms with Crippen LogP contribution in [0, 0.1) is 0 Å². The summed E-state index contributed by atoms with van der Waals surface area (Å²) in [6.45, 7) is 2.26. The first kappa shape index (κ1) is 14.8. The van der Waals surface area contributed by atoms with Gasteiger partial charge in [0.2, 0.25) is 0 Å². The monoisotopic (exact) mass is 343 g/mol. The van der Waals surface area contributed by atoms with Crippen LogP contribution in [0.2, 0.25) is 0 Å². The summed E-state index contributed by atoms with van der Waals surface area (Å²) < 4.78 is 1.14. The average Bonchev–Trinajstić information content (AvgIpc) is 2.71. The van der Waals surface area contributed by atoms with Gasteiger partial charge in [-0.3, -0.25) is 0 Å². The Kier molecular flexibility index (Phi) is 4.77. The van der Waals surface area contributed by atoms with Gasteiger partial charge in [-0.15, -0.1) is 0 Å². The van der Waals surface area contributed by atoms with Gasteiger partial charge in [0.25, 0.3) is 0 Å². The van der Waals surface area contributed by atoms with Crippen LogP contribution in [0.25, 0.3) is 0 Å². The molecule has 3 rings (SSSR count). The first-order valence-electron chi connectivity index (χ1n) is 7.83. The Hall–Kier alpha value is -1.12. The van der Waals surface area contributed by atoms with Crippen LogP contribution in [-0.4, -0.2) is 0 Å². The fourth-order valence-corrected chi connectivity index (χ4v) is 3.51. The highest BCUT2D eigenvalue weighted by Gasteiger charge is 2.20. The smallest absolute Gasteiger partial charge is 0.0328 e. The average molecular weight is 344 g/mol. The van der Waals surface area contributed by atoms with Crippen molar-refractivity contribution in [3.8, 4) is 0 Å². The Balaban J connectivity index is 1.79. The molecule has 0 aromatic heterocycles. The van der Waals surface area contributed by atoms with Gasteiger partial charge < -0.3 is 5.32 Å². The predicted molar refractivity (Wildman–Crippen MR) is 92.4 cm³/mol. The van der Waals surface area contributed by atoms with E-state index in [9.17, 15) is 0 Å². The molecule has 1 aliphatic rings. The van der Waals surface area contributed by atoms with Crippen molar-refractivity contribution in [1.82, 2.24) is 5.32 Å². The van der Waals surface area contributed by atoms with Crippen molar-refractivity contribution in [3.63, 3.8) is 0 Å². The summed E-state index contributed by atoms with van der Waals surface area (Å²) in [6, 6.07) is 18.4. The van der Waals surface area contributed by atoms with Crippen molar-refractivity contribution in [2.24, 2.45) is 0 Å². The molecule has 0 bridgehead atoms. The van der Waals surface area contributed by atoms with Crippen LogP contribution in [0.15, 0.2) is 53.0 Å². The number of rotatable bonds is 3. The van der Waals surface area contributed by atoms with Gasteiger partial charge >= 0.3 is 0 Å². The summed E-state index contributed by atoms with van der Waals surface area (Å²) in [5, 5.41) is 3.84. The number of fused-ring (bicyclic) bond motifs is 1. The SMILES string of the molecule is C[C@H](NC1CCCCc2ccccc21)c1ccc(Br)cc1. The van der Waals surface area contributed by atoms with Gasteiger partial charge in [-0.1, -0.05) is 58.7 Å². The number of hydrogen-bond acceptors (Lipinski definition) is 1. The molecule has 1 unspecified atom stereocenters. The molecular weight excluding hydrogens is 322 g/mol. The summed E-state index contributed by atoms with van der Waals surface area (Å²) in [5.41, 5.74) is 4.37. The lowest BCUT2D eigenvalue weighted by Gasteiger charge is -2.24. The minimum Gasteiger partial charge on any atom is -0.303 e. The molecule has 0 fully saturated rings. The molecule has 110 valence electrons. The molecule has 1 nitrogen and oxygen atoms in total. The maximum absolute atomic E-state index is 3.84. The molecule has 1 aliphatic carbocycles. The first-order valence-corrected chi connectivity index (χ1v) is 8.62. The third-order valence-electron chi connectivity index (χ3n) is 4.44. The van der Waals surface area contributed by atoms with Crippen molar-refractivity contribution in [3.05, 3.63) is 69.7 Å². The summed E-state index contributed by atoms with van der Waals surface area (Å²) >= 11 is 3.50. The van der Waals surface area contributed by atoms with E-state index in [1.165, 1.54) is 42.4 Å². The third-order valence-corrected chi connectivity index (χ3v) is 4.97. The van der Waals surface area contributed by atoms with E-state index in [2.05, 4.69) is 76.7 Å². The van der Waals surface area contributed by atoms with Crippen LogP contribution in [0.4, 0.5) is 0 Å². The van der Waals surface area contributed by atoms with Crippen LogP contribution in [0.1, 0.15) is 55.0 Å². The largest absolute Gasteiger partial charge is 0.303 e. The molecule has 1 N–H and O–H groups in total. The van der Waals surface area contributed by atoms with Crippen LogP contribution in [-0.2, 0) is 6.42 Å². The Morgan fingerprint density at radius 1 is 1.05 bits per heavy atom. The van der Waals surface area contributed by atoms with E-state index in [-0.39, 0.29) is 0 Å². The van der Waals surface area contributed by atoms with Crippen LogP contribution < -0.4 is 5.32 Å². The molecule has 2 aromatic carbocycles. The van der Waals surface area contributed by atoms with Gasteiger partial charge in [-0.05, 0) is 55.0 Å². The van der Waals surface area contributed by atoms with Crippen molar-refractivity contribution >= 4 is 15.9 Å². The summed E-state index contributed by atoms with van der Waals surface area (Å²) in [7, 11) is 0. The van der Waals surface area contributed by atoms with E-state index in [1.54, 1.807) is 0 Å². The quantitative estimate of drug-likeness (QED) is 0.718. The Morgan fingerprint density at radius 2 is 1.81 bits per heavy atom. The van der Waals surface area contributed by atoms with E-state index < -0.39 is 0 Å². The Bertz CT molecular complexity index is 591. The zero-order valence-corrected chi connectivity index (χ0v) is 14.1. The van der Waals surface area contributed by atoms with E-state index in [4.69, 9.17) is 0 Å². The zero-order chi connectivity index (χ0) is 14.7. The van der Waals surface area contributed by atoms with Gasteiger partial charge in [0, 0.05) is 16.6 Å². The summed E-state index contributed by atoms with van der Waals surface area (Å²) in [4.78, 5) is 0. The second kappa shape index (κ2) is 6.76. The topological polar surface area (TPSA) is 12.0 Å². The number of halogens is 1. The number of aryl methyl sites for hydroxylation is 1. The van der Waals surface area contributed by atoms with E-state index in [0.29, 0.717) is 12.1 Å². The molecule has 0 heterocycles. The van der Waals surface area contributed by atoms with Gasteiger partial charge in [0.15, 0.2) is 0 Å². The summed E-state index contributed by atoms with van der Waals surface area (Å²) in [6.07, 6.45) is 5.07. The normalized spacial score (nSPS) is 19.6. The van der Waals surface area contributed by atoms with Gasteiger partial charge in [-0.25, -0.2) is 0 Å².